The summed E-state index contributed by atoms with van der Waals surface area (Å²) < 4.78 is 0. The average Bonchev–Trinajstić information content (AvgIpc) is 2.01. The van der Waals surface area contributed by atoms with Gasteiger partial charge >= 0.3 is 0 Å². The Morgan fingerprint density at radius 1 is 1.07 bits per heavy atom. The fourth-order valence-electron chi connectivity index (χ4n) is 1.20. The van der Waals surface area contributed by atoms with Crippen molar-refractivity contribution < 1.29 is 0 Å². The van der Waals surface area contributed by atoms with Crippen molar-refractivity contribution in [2.75, 3.05) is 6.54 Å². The van der Waals surface area contributed by atoms with E-state index in [4.69, 9.17) is 0 Å². The van der Waals surface area contributed by atoms with Crippen LogP contribution < -0.4 is 5.32 Å². The largest absolute Gasteiger partial charge is 0.303 e. The van der Waals surface area contributed by atoms with Crippen LogP contribution in [0.4, 0.5) is 0 Å². The van der Waals surface area contributed by atoms with Gasteiger partial charge in [-0.25, -0.2) is 0 Å². The molecule has 3 heteroatoms. The zero-order valence-electron chi connectivity index (χ0n) is 10.2. The Labute approximate surface area is 98.6 Å². The second-order valence-corrected chi connectivity index (χ2v) is 7.30. The highest BCUT2D eigenvalue weighted by Crippen LogP contribution is 2.25. The fourth-order valence-corrected chi connectivity index (χ4v) is 1.56. The van der Waals surface area contributed by atoms with E-state index in [0.29, 0.717) is 5.41 Å². The van der Waals surface area contributed by atoms with Crippen LogP contribution >= 0.6 is 22.5 Å². The lowest BCUT2D eigenvalue weighted by atomic mass is 9.90. The molecule has 0 atom stereocenters. The summed E-state index contributed by atoms with van der Waals surface area (Å²) in [6.45, 7) is 12.3. The summed E-state index contributed by atoms with van der Waals surface area (Å²) in [6, 6.07) is 0. The minimum Gasteiger partial charge on any atom is -0.303 e. The number of thiol groups is 1. The molecule has 86 valence electrons. The monoisotopic (exact) mass is 235 g/mol. The van der Waals surface area contributed by atoms with E-state index in [9.17, 15) is 0 Å². The first-order valence-electron chi connectivity index (χ1n) is 5.34. The number of unbranched alkanes of at least 4 members (excludes halogenated alkanes) is 1. The molecule has 0 aromatic heterocycles. The van der Waals surface area contributed by atoms with Crippen molar-refractivity contribution >= 4 is 22.5 Å². The van der Waals surface area contributed by atoms with E-state index in [1.54, 1.807) is 10.8 Å². The number of rotatable bonds is 6. The molecule has 0 bridgehead atoms. The highest BCUT2D eigenvalue weighted by atomic mass is 33.1. The minimum atomic E-state index is 0.102. The van der Waals surface area contributed by atoms with Gasteiger partial charge < -0.3 is 5.32 Å². The van der Waals surface area contributed by atoms with Crippen LogP contribution in [0.15, 0.2) is 0 Å². The fraction of sp³-hybridized carbons (Fsp3) is 1.00. The molecule has 0 saturated carbocycles. The van der Waals surface area contributed by atoms with Crippen molar-refractivity contribution in [3.8, 4) is 0 Å². The molecule has 0 amide bonds. The molecular formula is C11H25NS2. The van der Waals surface area contributed by atoms with Gasteiger partial charge in [-0.1, -0.05) is 38.0 Å². The molecule has 14 heavy (non-hydrogen) atoms. The van der Waals surface area contributed by atoms with Crippen molar-refractivity contribution in [2.24, 2.45) is 5.41 Å². The Balaban J connectivity index is 3.39. The van der Waals surface area contributed by atoms with Crippen LogP contribution in [0.5, 0.6) is 0 Å². The zero-order valence-corrected chi connectivity index (χ0v) is 11.9. The smallest absolute Gasteiger partial charge is 0.0689 e. The summed E-state index contributed by atoms with van der Waals surface area (Å²) in [5.74, 6) is 0. The van der Waals surface area contributed by atoms with Gasteiger partial charge in [-0.05, 0) is 38.6 Å². The van der Waals surface area contributed by atoms with Gasteiger partial charge in [0.05, 0.1) is 4.87 Å². The van der Waals surface area contributed by atoms with Crippen LogP contribution in [0.3, 0.4) is 0 Å². The summed E-state index contributed by atoms with van der Waals surface area (Å²) in [5.41, 5.74) is 0.480. The van der Waals surface area contributed by atoms with Crippen LogP contribution in [0.2, 0.25) is 0 Å². The highest BCUT2D eigenvalue weighted by molar-refractivity contribution is 8.69. The van der Waals surface area contributed by atoms with Gasteiger partial charge in [-0.3, -0.25) is 0 Å². The lowest BCUT2D eigenvalue weighted by Gasteiger charge is -2.23. The van der Waals surface area contributed by atoms with Crippen molar-refractivity contribution in [1.29, 1.82) is 0 Å². The topological polar surface area (TPSA) is 12.0 Å². The molecule has 0 rings (SSSR count). The zero-order chi connectivity index (χ0) is 11.2. The molecule has 0 heterocycles. The maximum atomic E-state index is 4.23. The normalized spacial score (nSPS) is 13.3. The average molecular weight is 235 g/mol. The summed E-state index contributed by atoms with van der Waals surface area (Å²) >= 11 is 4.23. The lowest BCUT2D eigenvalue weighted by Crippen LogP contribution is -2.35. The Kier molecular flexibility index (Phi) is 6.58. The lowest BCUT2D eigenvalue weighted by molar-refractivity contribution is 0.356. The van der Waals surface area contributed by atoms with Crippen LogP contribution in [0, 0.1) is 5.41 Å². The first-order valence-corrected chi connectivity index (χ1v) is 7.21. The van der Waals surface area contributed by atoms with Gasteiger partial charge in [0.1, 0.15) is 0 Å². The molecule has 0 aromatic rings. The van der Waals surface area contributed by atoms with Gasteiger partial charge in [0.2, 0.25) is 0 Å². The van der Waals surface area contributed by atoms with Gasteiger partial charge in [-0.2, -0.15) is 0 Å². The summed E-state index contributed by atoms with van der Waals surface area (Å²) in [7, 11) is 1.57. The standard InChI is InChI=1S/C11H25NS2/c1-10(2,3)8-6-7-9-12-11(4,5)14-13/h12-13H,6-9H2,1-5H3. The van der Waals surface area contributed by atoms with Gasteiger partial charge in [-0.15, -0.1) is 11.7 Å². The first-order chi connectivity index (χ1) is 6.27. The summed E-state index contributed by atoms with van der Waals surface area (Å²) in [5, 5.41) is 3.48. The van der Waals surface area contributed by atoms with Crippen molar-refractivity contribution in [2.45, 2.75) is 58.8 Å². The molecule has 1 nitrogen and oxygen atoms in total. The molecular weight excluding hydrogens is 210 g/mol. The predicted octanol–water partition coefficient (Wildman–Crippen LogP) is 4.11. The molecule has 0 saturated heterocycles. The Morgan fingerprint density at radius 2 is 1.64 bits per heavy atom. The molecule has 0 aromatic carbocycles. The third-order valence-electron chi connectivity index (χ3n) is 2.13. The summed E-state index contributed by atoms with van der Waals surface area (Å²) in [4.78, 5) is 0.102. The van der Waals surface area contributed by atoms with Crippen LogP contribution in [-0.2, 0) is 0 Å². The molecule has 0 unspecified atom stereocenters. The Hall–Kier alpha value is 0.660. The number of hydrogen-bond acceptors (Lipinski definition) is 3. The molecule has 0 aliphatic heterocycles. The van der Waals surface area contributed by atoms with Crippen LogP contribution in [-0.4, -0.2) is 11.4 Å². The highest BCUT2D eigenvalue weighted by Gasteiger charge is 2.15. The van der Waals surface area contributed by atoms with Gasteiger partial charge in [0.15, 0.2) is 0 Å². The quantitative estimate of drug-likeness (QED) is 0.311. The molecule has 0 fully saturated rings. The minimum absolute atomic E-state index is 0.102. The Morgan fingerprint density at radius 3 is 2.07 bits per heavy atom. The molecule has 1 N–H and O–H groups in total. The van der Waals surface area contributed by atoms with E-state index in [1.807, 2.05) is 0 Å². The van der Waals surface area contributed by atoms with E-state index in [2.05, 4.69) is 51.6 Å². The maximum absolute atomic E-state index is 4.23. The predicted molar refractivity (Wildman–Crippen MR) is 72.0 cm³/mol. The molecule has 0 aliphatic carbocycles. The van der Waals surface area contributed by atoms with E-state index in [0.717, 1.165) is 6.54 Å². The van der Waals surface area contributed by atoms with Gasteiger partial charge in [0.25, 0.3) is 0 Å². The van der Waals surface area contributed by atoms with E-state index in [-0.39, 0.29) is 4.87 Å². The van der Waals surface area contributed by atoms with E-state index < -0.39 is 0 Å². The Bertz CT molecular complexity index is 150. The molecule has 0 aliphatic rings. The van der Waals surface area contributed by atoms with Crippen LogP contribution in [0.1, 0.15) is 53.9 Å². The first kappa shape index (κ1) is 14.7. The van der Waals surface area contributed by atoms with Crippen molar-refractivity contribution in [3.63, 3.8) is 0 Å². The second-order valence-electron chi connectivity index (χ2n) is 5.55. The van der Waals surface area contributed by atoms with Crippen molar-refractivity contribution in [3.05, 3.63) is 0 Å². The number of nitrogens with one attached hydrogen (secondary N) is 1. The third-order valence-corrected chi connectivity index (χ3v) is 4.10. The third kappa shape index (κ3) is 9.22. The van der Waals surface area contributed by atoms with Crippen molar-refractivity contribution in [1.82, 2.24) is 5.32 Å². The molecule has 0 spiro atoms. The molecule has 0 radical (unpaired) electrons. The maximum Gasteiger partial charge on any atom is 0.0689 e. The van der Waals surface area contributed by atoms with Crippen LogP contribution in [0.25, 0.3) is 0 Å². The van der Waals surface area contributed by atoms with E-state index in [1.165, 1.54) is 19.3 Å². The summed E-state index contributed by atoms with van der Waals surface area (Å²) in [6.07, 6.45) is 3.88. The number of hydrogen-bond donors (Lipinski definition) is 2. The van der Waals surface area contributed by atoms with E-state index >= 15 is 0 Å². The second kappa shape index (κ2) is 6.29. The SMILES string of the molecule is CC(C)(C)CCCCNC(C)(C)SS. The van der Waals surface area contributed by atoms with Gasteiger partial charge in [0, 0.05) is 0 Å².